The maximum absolute atomic E-state index is 11.9. The molecule has 3 aliphatic rings. The van der Waals surface area contributed by atoms with Crippen LogP contribution in [0.3, 0.4) is 0 Å². The minimum atomic E-state index is -4.13. The Balaban J connectivity index is 1.44. The van der Waals surface area contributed by atoms with E-state index < -0.39 is 15.7 Å². The molecule has 7 nitrogen and oxygen atoms in total. The highest BCUT2D eigenvalue weighted by molar-refractivity contribution is 7.85. The Bertz CT molecular complexity index is 1090. The molecule has 33 heavy (non-hydrogen) atoms. The molecular formula is C24H34N4O3S2. The van der Waals surface area contributed by atoms with E-state index >= 15 is 0 Å². The Hall–Kier alpha value is -1.65. The molecule has 3 heterocycles. The van der Waals surface area contributed by atoms with Crippen LogP contribution < -0.4 is 15.3 Å². The Kier molecular flexibility index (Phi) is 6.20. The Morgan fingerprint density at radius 2 is 1.76 bits per heavy atom. The number of hydrogen-bond donors (Lipinski definition) is 2. The van der Waals surface area contributed by atoms with Crippen LogP contribution in [0.1, 0.15) is 44.6 Å². The van der Waals surface area contributed by atoms with Crippen LogP contribution in [-0.4, -0.2) is 62.9 Å². The fraction of sp³-hybridized carbons (Fsp3) is 0.583. The van der Waals surface area contributed by atoms with E-state index in [0.29, 0.717) is 6.04 Å². The number of anilines is 2. The minimum absolute atomic E-state index is 0.339. The number of hydrazine groups is 1. The van der Waals surface area contributed by atoms with Crippen LogP contribution in [0.5, 0.6) is 0 Å². The van der Waals surface area contributed by atoms with Gasteiger partial charge in [-0.05, 0) is 50.6 Å². The van der Waals surface area contributed by atoms with Crippen molar-refractivity contribution in [3.05, 3.63) is 35.9 Å². The van der Waals surface area contributed by atoms with Gasteiger partial charge in [0.05, 0.1) is 11.3 Å². The zero-order valence-corrected chi connectivity index (χ0v) is 21.1. The highest BCUT2D eigenvalue weighted by Crippen LogP contribution is 2.49. The monoisotopic (exact) mass is 490 g/mol. The van der Waals surface area contributed by atoms with Gasteiger partial charge in [0.25, 0.3) is 10.1 Å². The van der Waals surface area contributed by atoms with E-state index in [0.717, 1.165) is 60.0 Å². The number of rotatable bonds is 5. The molecule has 0 spiro atoms. The van der Waals surface area contributed by atoms with Crippen molar-refractivity contribution < 1.29 is 13.0 Å². The topological polar surface area (TPSA) is 76.1 Å². The van der Waals surface area contributed by atoms with E-state index in [-0.39, 0.29) is 5.75 Å². The molecule has 1 saturated carbocycles. The van der Waals surface area contributed by atoms with Crippen molar-refractivity contribution in [3.63, 3.8) is 0 Å². The summed E-state index contributed by atoms with van der Waals surface area (Å²) in [6.07, 6.45) is 5.84. The summed E-state index contributed by atoms with van der Waals surface area (Å²) in [6, 6.07) is 11.2. The second kappa shape index (κ2) is 8.85. The van der Waals surface area contributed by atoms with E-state index in [9.17, 15) is 13.0 Å². The summed E-state index contributed by atoms with van der Waals surface area (Å²) in [5.41, 5.74) is 5.99. The Morgan fingerprint density at radius 1 is 1.09 bits per heavy atom. The standard InChI is InChI=1S/C24H34N4O3S2/c1-24(17-33(29,30)31)21-16-22(32-23(21)28(25-24)20-6-4-3-5-7-20)18-8-10-19(11-9-18)27-14-12-26(2)13-15-27/h8-11,16,20,25H,3-7,12-15,17H2,1-2H3,(H,29,30,31). The maximum atomic E-state index is 11.9. The predicted octanol–water partition coefficient (Wildman–Crippen LogP) is 3.93. The van der Waals surface area contributed by atoms with Gasteiger partial charge in [0.15, 0.2) is 0 Å². The number of piperazine rings is 1. The van der Waals surface area contributed by atoms with Gasteiger partial charge in [-0.1, -0.05) is 31.4 Å². The predicted molar refractivity (Wildman–Crippen MR) is 136 cm³/mol. The summed E-state index contributed by atoms with van der Waals surface area (Å²) < 4.78 is 33.4. The van der Waals surface area contributed by atoms with Crippen molar-refractivity contribution in [2.75, 3.05) is 48.9 Å². The van der Waals surface area contributed by atoms with Crippen LogP contribution in [0, 0.1) is 0 Å². The fourth-order valence-electron chi connectivity index (χ4n) is 5.45. The zero-order chi connectivity index (χ0) is 23.2. The summed E-state index contributed by atoms with van der Waals surface area (Å²) in [4.78, 5) is 5.91. The fourth-order valence-corrected chi connectivity index (χ4v) is 7.72. The van der Waals surface area contributed by atoms with Crippen molar-refractivity contribution >= 4 is 32.1 Å². The first-order valence-corrected chi connectivity index (χ1v) is 14.3. The van der Waals surface area contributed by atoms with Crippen molar-refractivity contribution in [1.82, 2.24) is 10.3 Å². The second-order valence-electron chi connectivity index (χ2n) is 10.00. The van der Waals surface area contributed by atoms with Crippen LogP contribution in [-0.2, 0) is 15.7 Å². The molecule has 1 aromatic heterocycles. The van der Waals surface area contributed by atoms with Crippen LogP contribution in [0.4, 0.5) is 10.7 Å². The smallest absolute Gasteiger partial charge is 0.267 e. The van der Waals surface area contributed by atoms with Gasteiger partial charge < -0.3 is 9.80 Å². The molecule has 2 fully saturated rings. The molecule has 1 unspecified atom stereocenters. The van der Waals surface area contributed by atoms with Crippen molar-refractivity contribution in [3.8, 4) is 10.4 Å². The van der Waals surface area contributed by atoms with Gasteiger partial charge in [0.2, 0.25) is 0 Å². The Labute approximate surface area is 201 Å². The first-order valence-electron chi connectivity index (χ1n) is 11.9. The van der Waals surface area contributed by atoms with E-state index in [2.05, 4.69) is 57.6 Å². The summed E-state index contributed by atoms with van der Waals surface area (Å²) in [5.74, 6) is -0.339. The normalized spacial score (nSPS) is 24.9. The number of fused-ring (bicyclic) bond motifs is 1. The first-order chi connectivity index (χ1) is 15.7. The summed E-state index contributed by atoms with van der Waals surface area (Å²) in [6.45, 7) is 6.12. The molecule has 1 aromatic carbocycles. The molecule has 2 aromatic rings. The molecule has 5 rings (SSSR count). The molecule has 9 heteroatoms. The zero-order valence-electron chi connectivity index (χ0n) is 19.5. The number of thiophene rings is 1. The number of nitrogens with zero attached hydrogens (tertiary/aromatic N) is 3. The van der Waals surface area contributed by atoms with Crippen molar-refractivity contribution in [1.29, 1.82) is 0 Å². The lowest BCUT2D eigenvalue weighted by atomic mass is 9.95. The van der Waals surface area contributed by atoms with Crippen LogP contribution in [0.15, 0.2) is 30.3 Å². The molecule has 1 aliphatic carbocycles. The lowest BCUT2D eigenvalue weighted by Gasteiger charge is -2.35. The molecule has 0 radical (unpaired) electrons. The van der Waals surface area contributed by atoms with Crippen molar-refractivity contribution in [2.24, 2.45) is 0 Å². The molecule has 180 valence electrons. The van der Waals surface area contributed by atoms with E-state index in [1.165, 1.54) is 24.9 Å². The second-order valence-corrected chi connectivity index (χ2v) is 12.5. The molecule has 2 N–H and O–H groups in total. The quantitative estimate of drug-likeness (QED) is 0.615. The molecule has 2 aliphatic heterocycles. The SMILES string of the molecule is CN1CCN(c2ccc(-c3cc4c(s3)N(C3CCCCC3)NC4(C)CS(=O)(=O)O)cc2)CC1. The minimum Gasteiger partial charge on any atom is -0.369 e. The lowest BCUT2D eigenvalue weighted by molar-refractivity contribution is 0.313. The average molecular weight is 491 g/mol. The van der Waals surface area contributed by atoms with E-state index in [1.54, 1.807) is 11.3 Å². The Morgan fingerprint density at radius 3 is 2.39 bits per heavy atom. The van der Waals surface area contributed by atoms with E-state index in [4.69, 9.17) is 0 Å². The van der Waals surface area contributed by atoms with Gasteiger partial charge in [0, 0.05) is 48.3 Å². The first kappa shape index (κ1) is 23.1. The largest absolute Gasteiger partial charge is 0.369 e. The molecule has 1 saturated heterocycles. The van der Waals surface area contributed by atoms with Gasteiger partial charge >= 0.3 is 0 Å². The highest BCUT2D eigenvalue weighted by atomic mass is 32.2. The third-order valence-electron chi connectivity index (χ3n) is 7.32. The van der Waals surface area contributed by atoms with Crippen LogP contribution in [0.2, 0.25) is 0 Å². The van der Waals surface area contributed by atoms with Gasteiger partial charge in [0.1, 0.15) is 5.00 Å². The number of hydrogen-bond acceptors (Lipinski definition) is 7. The van der Waals surface area contributed by atoms with Crippen LogP contribution in [0.25, 0.3) is 10.4 Å². The van der Waals surface area contributed by atoms with Gasteiger partial charge in [-0.3, -0.25) is 9.56 Å². The number of likely N-dealkylation sites (N-methyl/N-ethyl adjacent to an activating group) is 1. The van der Waals surface area contributed by atoms with E-state index in [1.807, 2.05) is 6.92 Å². The van der Waals surface area contributed by atoms with Gasteiger partial charge in [-0.15, -0.1) is 11.3 Å². The third kappa shape index (κ3) is 4.79. The average Bonchev–Trinajstić information content (AvgIpc) is 3.33. The van der Waals surface area contributed by atoms with Gasteiger partial charge in [-0.2, -0.15) is 8.42 Å². The third-order valence-corrected chi connectivity index (χ3v) is 9.45. The lowest BCUT2D eigenvalue weighted by Crippen LogP contribution is -2.52. The number of benzene rings is 1. The molecular weight excluding hydrogens is 456 g/mol. The molecule has 1 atom stereocenters. The van der Waals surface area contributed by atoms with Crippen LogP contribution >= 0.6 is 11.3 Å². The molecule has 0 amide bonds. The maximum Gasteiger partial charge on any atom is 0.267 e. The summed E-state index contributed by atoms with van der Waals surface area (Å²) >= 11 is 1.71. The summed E-state index contributed by atoms with van der Waals surface area (Å²) in [5, 5.41) is 3.29. The van der Waals surface area contributed by atoms with Gasteiger partial charge in [-0.25, -0.2) is 5.43 Å². The number of nitrogens with one attached hydrogen (secondary N) is 1. The highest BCUT2D eigenvalue weighted by Gasteiger charge is 2.45. The van der Waals surface area contributed by atoms with Crippen molar-refractivity contribution in [2.45, 2.75) is 50.6 Å². The molecule has 0 bridgehead atoms. The summed E-state index contributed by atoms with van der Waals surface area (Å²) in [7, 11) is -1.97.